The number of benzene rings is 1. The summed E-state index contributed by atoms with van der Waals surface area (Å²) in [5.74, 6) is -27.7. The van der Waals surface area contributed by atoms with E-state index >= 15 is 0 Å². The van der Waals surface area contributed by atoms with E-state index in [2.05, 4.69) is 4.74 Å². The maximum Gasteiger partial charge on any atom is 0.462 e. The van der Waals surface area contributed by atoms with Gasteiger partial charge in [-0.05, 0) is 24.1 Å². The molecule has 0 aromatic heterocycles. The highest BCUT2D eigenvalue weighted by Crippen LogP contribution is 2.56. The molecule has 0 heterocycles. The molecular weight excluding hydrogens is 591 g/mol. The van der Waals surface area contributed by atoms with Crippen molar-refractivity contribution in [2.45, 2.75) is 61.7 Å². The van der Waals surface area contributed by atoms with Crippen LogP contribution in [0, 0.1) is 0 Å². The molecule has 1 aromatic rings. The highest BCUT2D eigenvalue weighted by atomic mass is 19.4. The van der Waals surface area contributed by atoms with Crippen LogP contribution in [0.4, 0.5) is 74.6 Å². The van der Waals surface area contributed by atoms with Gasteiger partial charge in [0.1, 0.15) is 5.75 Å². The third-order valence-electron chi connectivity index (χ3n) is 4.17. The summed E-state index contributed by atoms with van der Waals surface area (Å²) in [5.41, 5.74) is 0.371. The van der Waals surface area contributed by atoms with Crippen LogP contribution in [-0.2, 0) is 20.7 Å². The van der Waals surface area contributed by atoms with Gasteiger partial charge >= 0.3 is 54.3 Å². The summed E-state index contributed by atoms with van der Waals surface area (Å²) in [6.07, 6.45) is -38.5. The van der Waals surface area contributed by atoms with Crippen LogP contribution in [0.15, 0.2) is 24.3 Å². The van der Waals surface area contributed by atoms with Crippen LogP contribution in [0.3, 0.4) is 0 Å². The Labute approximate surface area is 198 Å². The van der Waals surface area contributed by atoms with E-state index in [9.17, 15) is 79.4 Å². The van der Waals surface area contributed by atoms with Crippen molar-refractivity contribution >= 4 is 5.97 Å². The van der Waals surface area contributed by atoms with Gasteiger partial charge in [-0.15, -0.1) is 0 Å². The van der Waals surface area contributed by atoms with Crippen molar-refractivity contribution in [3.63, 3.8) is 0 Å². The zero-order valence-electron chi connectivity index (χ0n) is 17.6. The van der Waals surface area contributed by atoms with Gasteiger partial charge in [-0.25, -0.2) is 4.79 Å². The Morgan fingerprint density at radius 2 is 1.08 bits per heavy atom. The minimum absolute atomic E-state index is 0.243. The van der Waals surface area contributed by atoms with Crippen LogP contribution < -0.4 is 4.74 Å². The summed E-state index contributed by atoms with van der Waals surface area (Å²) in [6, 6.07) is 3.14. The number of halogens is 17. The molecule has 220 valence electrons. The molecule has 38 heavy (non-hydrogen) atoms. The first kappa shape index (κ1) is 33.4. The molecule has 0 unspecified atom stereocenters. The van der Waals surface area contributed by atoms with Crippen molar-refractivity contribution in [3.05, 3.63) is 29.8 Å². The molecule has 0 saturated heterocycles. The average molecular weight is 600 g/mol. The first-order chi connectivity index (χ1) is 16.6. The molecule has 21 heteroatoms. The number of carbonyl (C=O) groups is 1. The fourth-order valence-electron chi connectivity index (χ4n) is 2.11. The number of rotatable bonds is 9. The molecule has 1 rings (SSSR count). The number of hydrogen-bond acceptors (Lipinski definition) is 4. The van der Waals surface area contributed by atoms with E-state index in [-0.39, 0.29) is 6.42 Å². The van der Waals surface area contributed by atoms with Gasteiger partial charge in [-0.2, -0.15) is 74.6 Å². The molecule has 1 aromatic carbocycles. The summed E-state index contributed by atoms with van der Waals surface area (Å²) in [7, 11) is 0. The molecule has 0 fully saturated rings. The quantitative estimate of drug-likeness (QED) is 0.174. The van der Waals surface area contributed by atoms with Crippen molar-refractivity contribution in [2.24, 2.45) is 0 Å². The van der Waals surface area contributed by atoms with Crippen LogP contribution in [0.5, 0.6) is 5.75 Å². The second-order valence-corrected chi connectivity index (χ2v) is 6.88. The minimum Gasteiger partial charge on any atom is -0.422 e. The van der Waals surface area contributed by atoms with Crippen LogP contribution in [0.25, 0.3) is 0 Å². The van der Waals surface area contributed by atoms with E-state index in [4.69, 9.17) is 0 Å². The van der Waals surface area contributed by atoms with E-state index in [0.29, 0.717) is 17.7 Å². The average Bonchev–Trinajstić information content (AvgIpc) is 2.70. The number of alkyl halides is 17. The predicted octanol–water partition coefficient (Wildman–Crippen LogP) is 7.03. The number of ether oxygens (including phenoxy) is 3. The highest BCUT2D eigenvalue weighted by Gasteiger charge is 2.85. The first-order valence-corrected chi connectivity index (χ1v) is 9.02. The predicted molar refractivity (Wildman–Crippen MR) is 84.3 cm³/mol. The normalized spacial score (nSPS) is 17.5. The van der Waals surface area contributed by atoms with E-state index in [1.165, 1.54) is 11.7 Å². The van der Waals surface area contributed by atoms with Gasteiger partial charge in [-0.3, -0.25) is 9.47 Å². The lowest BCUT2D eigenvalue weighted by molar-refractivity contribution is -0.548. The molecule has 0 bridgehead atoms. The SMILES string of the molecule is CCc1ccc(OC(=O)[C@](F)(OC(F)(F)[C@](F)(OC(F)(F)C(F)(F)C(F)(F)F)C(F)(F)F)C(F)(F)F)cc1. The van der Waals surface area contributed by atoms with Gasteiger partial charge in [0.2, 0.25) is 0 Å². The Morgan fingerprint density at radius 3 is 1.42 bits per heavy atom. The van der Waals surface area contributed by atoms with E-state index in [1.54, 1.807) is 0 Å². The molecule has 0 aliphatic heterocycles. The van der Waals surface area contributed by atoms with E-state index < -0.39 is 60.1 Å². The Balaban J connectivity index is 3.59. The minimum atomic E-state index is -8.08. The molecule has 2 atom stereocenters. The number of carbonyl (C=O) groups excluding carboxylic acids is 1. The molecule has 0 radical (unpaired) electrons. The van der Waals surface area contributed by atoms with Gasteiger partial charge in [0.05, 0.1) is 0 Å². The third kappa shape index (κ3) is 6.01. The largest absolute Gasteiger partial charge is 0.462 e. The summed E-state index contributed by atoms with van der Waals surface area (Å²) >= 11 is 0. The molecule has 0 saturated carbocycles. The molecule has 0 aliphatic rings. The molecule has 4 nitrogen and oxygen atoms in total. The van der Waals surface area contributed by atoms with Gasteiger partial charge in [0.15, 0.2) is 0 Å². The lowest BCUT2D eigenvalue weighted by atomic mass is 10.2. The van der Waals surface area contributed by atoms with Gasteiger partial charge in [-0.1, -0.05) is 19.1 Å². The molecule has 0 spiro atoms. The van der Waals surface area contributed by atoms with E-state index in [1.807, 2.05) is 4.74 Å². The van der Waals surface area contributed by atoms with Crippen molar-refractivity contribution in [1.29, 1.82) is 0 Å². The molecule has 0 aliphatic carbocycles. The van der Waals surface area contributed by atoms with Crippen molar-refractivity contribution in [2.75, 3.05) is 0 Å². The summed E-state index contributed by atoms with van der Waals surface area (Å²) < 4.78 is 230. The Kier molecular flexibility index (Phi) is 8.68. The van der Waals surface area contributed by atoms with Crippen molar-refractivity contribution in [1.82, 2.24) is 0 Å². The van der Waals surface area contributed by atoms with E-state index in [0.717, 1.165) is 12.1 Å². The number of aryl methyl sites for hydroxylation is 1. The third-order valence-corrected chi connectivity index (χ3v) is 4.17. The van der Waals surface area contributed by atoms with Crippen LogP contribution in [0.2, 0.25) is 0 Å². The topological polar surface area (TPSA) is 44.8 Å². The second-order valence-electron chi connectivity index (χ2n) is 6.88. The maximum absolute atomic E-state index is 14.4. The van der Waals surface area contributed by atoms with Crippen LogP contribution in [-0.4, -0.2) is 54.3 Å². The lowest BCUT2D eigenvalue weighted by Gasteiger charge is -2.39. The Morgan fingerprint density at radius 1 is 0.632 bits per heavy atom. The molecule has 0 amide bonds. The number of esters is 1. The lowest BCUT2D eigenvalue weighted by Crippen LogP contribution is -2.68. The Bertz CT molecular complexity index is 982. The molecule has 0 N–H and O–H groups in total. The maximum atomic E-state index is 14.4. The number of hydrogen-bond donors (Lipinski definition) is 0. The fourth-order valence-corrected chi connectivity index (χ4v) is 2.11. The smallest absolute Gasteiger partial charge is 0.422 e. The van der Waals surface area contributed by atoms with Crippen molar-refractivity contribution in [3.8, 4) is 5.75 Å². The second kappa shape index (κ2) is 9.87. The van der Waals surface area contributed by atoms with Crippen molar-refractivity contribution < 1.29 is 93.6 Å². The summed E-state index contributed by atoms with van der Waals surface area (Å²) in [6.45, 7) is 1.52. The molecular formula is C17H9F17O4. The summed E-state index contributed by atoms with van der Waals surface area (Å²) in [5, 5.41) is 0. The van der Waals surface area contributed by atoms with Crippen LogP contribution >= 0.6 is 0 Å². The first-order valence-electron chi connectivity index (χ1n) is 9.02. The van der Waals surface area contributed by atoms with Gasteiger partial charge in [0, 0.05) is 0 Å². The fraction of sp³-hybridized carbons (Fsp3) is 0.588. The zero-order chi connectivity index (χ0) is 30.4. The Hall–Kier alpha value is -2.58. The monoisotopic (exact) mass is 600 g/mol. The standard InChI is InChI=1S/C17H9F17O4/c1-2-7-3-5-8(6-4-7)36-9(35)10(18,13(22,23)24)37-17(33,34)12(21,15(28,29)30)38-16(31,32)11(19,20)14(25,26)27/h3-6H,2H2,1H3/t10-,12+/m0/s1. The summed E-state index contributed by atoms with van der Waals surface area (Å²) in [4.78, 5) is 11.6. The zero-order valence-corrected chi connectivity index (χ0v) is 17.6. The highest BCUT2D eigenvalue weighted by molar-refractivity contribution is 5.81. The van der Waals surface area contributed by atoms with Gasteiger partial charge in [0.25, 0.3) is 0 Å². The van der Waals surface area contributed by atoms with Crippen LogP contribution in [0.1, 0.15) is 12.5 Å². The van der Waals surface area contributed by atoms with Gasteiger partial charge < -0.3 is 4.74 Å².